The SMILES string of the molecule is O=C(NCc1ccc(C(=O)O)o1)c1ccc2ncsc2c1. The van der Waals surface area contributed by atoms with E-state index in [4.69, 9.17) is 9.52 Å². The molecule has 1 aromatic carbocycles. The first-order valence-electron chi connectivity index (χ1n) is 6.07. The average Bonchev–Trinajstić information content (AvgIpc) is 3.12. The van der Waals surface area contributed by atoms with Crippen LogP contribution < -0.4 is 5.32 Å². The van der Waals surface area contributed by atoms with Gasteiger partial charge in [0.2, 0.25) is 5.76 Å². The number of carbonyl (C=O) groups is 2. The molecule has 0 aliphatic rings. The molecule has 2 heterocycles. The first-order chi connectivity index (χ1) is 10.1. The van der Waals surface area contributed by atoms with Gasteiger partial charge in [0, 0.05) is 5.56 Å². The van der Waals surface area contributed by atoms with Gasteiger partial charge in [-0.05, 0) is 30.3 Å². The minimum absolute atomic E-state index is 0.132. The number of benzene rings is 1. The molecule has 0 radical (unpaired) electrons. The maximum Gasteiger partial charge on any atom is 0.371 e. The third-order valence-electron chi connectivity index (χ3n) is 2.89. The number of thiazole rings is 1. The molecule has 21 heavy (non-hydrogen) atoms. The largest absolute Gasteiger partial charge is 0.475 e. The van der Waals surface area contributed by atoms with Gasteiger partial charge < -0.3 is 14.8 Å². The molecule has 0 bridgehead atoms. The molecular weight excluding hydrogens is 292 g/mol. The molecule has 0 saturated carbocycles. The number of aromatic carboxylic acids is 1. The number of amides is 1. The van der Waals surface area contributed by atoms with Gasteiger partial charge in [0.25, 0.3) is 5.91 Å². The molecule has 0 aliphatic heterocycles. The Morgan fingerprint density at radius 1 is 1.29 bits per heavy atom. The van der Waals surface area contributed by atoms with E-state index in [0.717, 1.165) is 10.2 Å². The van der Waals surface area contributed by atoms with Crippen molar-refractivity contribution in [1.82, 2.24) is 10.3 Å². The van der Waals surface area contributed by atoms with Gasteiger partial charge in [-0.25, -0.2) is 9.78 Å². The van der Waals surface area contributed by atoms with Gasteiger partial charge in [-0.2, -0.15) is 0 Å². The van der Waals surface area contributed by atoms with Gasteiger partial charge in [-0.15, -0.1) is 11.3 Å². The predicted molar refractivity (Wildman–Crippen MR) is 76.5 cm³/mol. The van der Waals surface area contributed by atoms with Crippen molar-refractivity contribution in [2.45, 2.75) is 6.54 Å². The number of rotatable bonds is 4. The third kappa shape index (κ3) is 2.77. The number of nitrogens with one attached hydrogen (secondary N) is 1. The van der Waals surface area contributed by atoms with Crippen LogP contribution in [0.1, 0.15) is 26.7 Å². The van der Waals surface area contributed by atoms with Crippen LogP contribution in [0.3, 0.4) is 0 Å². The van der Waals surface area contributed by atoms with E-state index >= 15 is 0 Å². The van der Waals surface area contributed by atoms with Crippen molar-refractivity contribution in [3.63, 3.8) is 0 Å². The lowest BCUT2D eigenvalue weighted by Crippen LogP contribution is -2.22. The summed E-state index contributed by atoms with van der Waals surface area (Å²) in [4.78, 5) is 26.9. The number of hydrogen-bond donors (Lipinski definition) is 2. The van der Waals surface area contributed by atoms with Crippen LogP contribution in [-0.2, 0) is 6.54 Å². The lowest BCUT2D eigenvalue weighted by atomic mass is 10.2. The van der Waals surface area contributed by atoms with Gasteiger partial charge in [-0.3, -0.25) is 4.79 Å². The molecule has 1 amide bonds. The predicted octanol–water partition coefficient (Wildman–Crippen LogP) is 2.52. The Hall–Kier alpha value is -2.67. The van der Waals surface area contributed by atoms with Gasteiger partial charge >= 0.3 is 5.97 Å². The normalized spacial score (nSPS) is 10.7. The molecule has 0 aliphatic carbocycles. The summed E-state index contributed by atoms with van der Waals surface area (Å²) in [5.41, 5.74) is 3.10. The summed E-state index contributed by atoms with van der Waals surface area (Å²) >= 11 is 1.47. The number of furan rings is 1. The Bertz CT molecular complexity index is 821. The highest BCUT2D eigenvalue weighted by molar-refractivity contribution is 7.16. The fourth-order valence-electron chi connectivity index (χ4n) is 1.85. The molecule has 3 rings (SSSR count). The van der Waals surface area contributed by atoms with E-state index in [1.807, 2.05) is 0 Å². The molecule has 3 aromatic rings. The number of carbonyl (C=O) groups excluding carboxylic acids is 1. The van der Waals surface area contributed by atoms with Crippen LogP contribution in [0, 0.1) is 0 Å². The minimum Gasteiger partial charge on any atom is -0.475 e. The number of aromatic nitrogens is 1. The lowest BCUT2D eigenvalue weighted by molar-refractivity contribution is 0.0660. The van der Waals surface area contributed by atoms with Gasteiger partial charge in [0.05, 0.1) is 22.3 Å². The zero-order valence-electron chi connectivity index (χ0n) is 10.7. The summed E-state index contributed by atoms with van der Waals surface area (Å²) in [5, 5.41) is 11.4. The van der Waals surface area contributed by atoms with Crippen LogP contribution in [0.2, 0.25) is 0 Å². The first kappa shape index (κ1) is 13.3. The van der Waals surface area contributed by atoms with Crippen LogP contribution in [-0.4, -0.2) is 22.0 Å². The van der Waals surface area contributed by atoms with Gasteiger partial charge in [0.15, 0.2) is 0 Å². The van der Waals surface area contributed by atoms with E-state index in [1.54, 1.807) is 23.7 Å². The van der Waals surface area contributed by atoms with Crippen molar-refractivity contribution >= 4 is 33.4 Å². The number of carboxylic acid groups (broad SMARTS) is 1. The number of fused-ring (bicyclic) bond motifs is 1. The highest BCUT2D eigenvalue weighted by Gasteiger charge is 2.11. The Balaban J connectivity index is 1.69. The zero-order valence-corrected chi connectivity index (χ0v) is 11.5. The van der Waals surface area contributed by atoms with Crippen molar-refractivity contribution < 1.29 is 19.1 Å². The van der Waals surface area contributed by atoms with Crippen LogP contribution in [0.15, 0.2) is 40.3 Å². The smallest absolute Gasteiger partial charge is 0.371 e. The fourth-order valence-corrected chi connectivity index (χ4v) is 2.57. The second-order valence-electron chi connectivity index (χ2n) is 4.29. The Kier molecular flexibility index (Phi) is 3.41. The Morgan fingerprint density at radius 2 is 2.14 bits per heavy atom. The van der Waals surface area contributed by atoms with Crippen molar-refractivity contribution in [3.8, 4) is 0 Å². The van der Waals surface area contributed by atoms with E-state index in [2.05, 4.69) is 10.3 Å². The first-order valence-corrected chi connectivity index (χ1v) is 6.95. The molecule has 2 aromatic heterocycles. The maximum atomic E-state index is 12.0. The fraction of sp³-hybridized carbons (Fsp3) is 0.0714. The Labute approximate surface area is 123 Å². The summed E-state index contributed by atoms with van der Waals surface area (Å²) in [5.74, 6) is -1.15. The number of nitrogens with zero attached hydrogens (tertiary/aromatic N) is 1. The molecule has 6 nitrogen and oxygen atoms in total. The van der Waals surface area contributed by atoms with Gasteiger partial charge in [0.1, 0.15) is 5.76 Å². The highest BCUT2D eigenvalue weighted by Crippen LogP contribution is 2.19. The van der Waals surface area contributed by atoms with E-state index in [0.29, 0.717) is 11.3 Å². The van der Waals surface area contributed by atoms with Crippen molar-refractivity contribution in [2.24, 2.45) is 0 Å². The van der Waals surface area contributed by atoms with Crippen molar-refractivity contribution in [1.29, 1.82) is 0 Å². The molecule has 0 fully saturated rings. The van der Waals surface area contributed by atoms with E-state index < -0.39 is 5.97 Å². The highest BCUT2D eigenvalue weighted by atomic mass is 32.1. The van der Waals surface area contributed by atoms with E-state index in [9.17, 15) is 9.59 Å². The molecule has 0 saturated heterocycles. The van der Waals surface area contributed by atoms with E-state index in [-0.39, 0.29) is 18.2 Å². The monoisotopic (exact) mass is 302 g/mol. The van der Waals surface area contributed by atoms with Crippen LogP contribution >= 0.6 is 11.3 Å². The van der Waals surface area contributed by atoms with Crippen molar-refractivity contribution in [3.05, 3.63) is 52.9 Å². The number of hydrogen-bond acceptors (Lipinski definition) is 5. The van der Waals surface area contributed by atoms with Crippen molar-refractivity contribution in [2.75, 3.05) is 0 Å². The quantitative estimate of drug-likeness (QED) is 0.772. The third-order valence-corrected chi connectivity index (χ3v) is 3.68. The summed E-state index contributed by atoms with van der Waals surface area (Å²) in [6, 6.07) is 8.13. The standard InChI is InChI=1S/C14H10N2O4S/c17-13(8-1-3-10-12(5-8)21-7-16-10)15-6-9-2-4-11(20-9)14(18)19/h1-5,7H,6H2,(H,15,17)(H,18,19). The summed E-state index contributed by atoms with van der Waals surface area (Å²) in [6.45, 7) is 0.132. The van der Waals surface area contributed by atoms with Gasteiger partial charge in [-0.1, -0.05) is 0 Å². The molecular formula is C14H10N2O4S. The Morgan fingerprint density at radius 3 is 2.90 bits per heavy atom. The minimum atomic E-state index is -1.14. The summed E-state index contributed by atoms with van der Waals surface area (Å²) in [7, 11) is 0. The molecule has 0 atom stereocenters. The second-order valence-corrected chi connectivity index (χ2v) is 5.18. The maximum absolute atomic E-state index is 12.0. The van der Waals surface area contributed by atoms with Crippen LogP contribution in [0.25, 0.3) is 10.2 Å². The lowest BCUT2D eigenvalue weighted by Gasteiger charge is -2.03. The molecule has 106 valence electrons. The summed E-state index contributed by atoms with van der Waals surface area (Å²) < 4.78 is 6.01. The molecule has 0 unspecified atom stereocenters. The topological polar surface area (TPSA) is 92.4 Å². The molecule has 2 N–H and O–H groups in total. The van der Waals surface area contributed by atoms with E-state index in [1.165, 1.54) is 23.5 Å². The van der Waals surface area contributed by atoms with Crippen LogP contribution in [0.5, 0.6) is 0 Å². The van der Waals surface area contributed by atoms with Crippen LogP contribution in [0.4, 0.5) is 0 Å². The second kappa shape index (κ2) is 5.37. The summed E-state index contributed by atoms with van der Waals surface area (Å²) in [6.07, 6.45) is 0. The number of carboxylic acids is 1. The zero-order chi connectivity index (χ0) is 14.8. The molecule has 0 spiro atoms. The molecule has 7 heteroatoms. The average molecular weight is 302 g/mol.